The Bertz CT molecular complexity index is 347. The van der Waals surface area contributed by atoms with E-state index in [4.69, 9.17) is 0 Å². The molecule has 13 heteroatoms. The van der Waals surface area contributed by atoms with Crippen LogP contribution in [0.2, 0.25) is 0 Å². The van der Waals surface area contributed by atoms with Gasteiger partial charge in [-0.1, -0.05) is 11.6 Å². The molecule has 0 radical (unpaired) electrons. The molecule has 0 aliphatic rings. The van der Waals surface area contributed by atoms with Gasteiger partial charge in [0.15, 0.2) is 0 Å². The van der Waals surface area contributed by atoms with Crippen LogP contribution < -0.4 is 0 Å². The van der Waals surface area contributed by atoms with Crippen molar-refractivity contribution in [3.8, 4) is 0 Å². The molecule has 1 atom stereocenters. The average Bonchev–Trinajstić information content (AvgIpc) is 2.00. The molecule has 0 aromatic carbocycles. The highest BCUT2D eigenvalue weighted by Gasteiger charge is 2.73. The Kier molecular flexibility index (Phi) is 4.07. The third-order valence-electron chi connectivity index (χ3n) is 1.01. The third-order valence-corrected chi connectivity index (χ3v) is 2.01. The number of hydrogen-bond donors (Lipinski definition) is 0. The smallest absolute Gasteiger partial charge is 0.206 e. The summed E-state index contributed by atoms with van der Waals surface area (Å²) in [4.78, 5) is 0. The number of hydrogen-bond acceptors (Lipinski definition) is 4. The molecule has 0 aliphatic heterocycles. The fourth-order valence-electron chi connectivity index (χ4n) is 0.358. The molecule has 0 aromatic heterocycles. The average molecular weight is 301 g/mol. The minimum Gasteiger partial charge on any atom is -0.206 e. The van der Waals surface area contributed by atoms with Gasteiger partial charge >= 0.3 is 27.8 Å². The van der Waals surface area contributed by atoms with Crippen molar-refractivity contribution in [1.82, 2.24) is 0 Å². The van der Waals surface area contributed by atoms with E-state index >= 15 is 0 Å². The summed E-state index contributed by atoms with van der Waals surface area (Å²) in [6.07, 6.45) is -12.5. The zero-order chi connectivity index (χ0) is 13.4. The predicted molar refractivity (Wildman–Crippen MR) is 32.9 cm³/mol. The van der Waals surface area contributed by atoms with E-state index in [1.807, 2.05) is 0 Å². The number of alkyl halides is 7. The van der Waals surface area contributed by atoms with Crippen LogP contribution in [0.5, 0.6) is 0 Å². The first-order chi connectivity index (χ1) is 6.77. The molecule has 0 N–H and O–H groups in total. The van der Waals surface area contributed by atoms with Crippen molar-refractivity contribution < 1.29 is 47.9 Å². The van der Waals surface area contributed by atoms with Gasteiger partial charge in [-0.25, -0.2) is 4.39 Å². The summed E-state index contributed by atoms with van der Waals surface area (Å²) in [7, 11) is -6.16. The van der Waals surface area contributed by atoms with E-state index in [1.165, 1.54) is 0 Å². The van der Waals surface area contributed by atoms with Crippen molar-refractivity contribution >= 4 is 22.0 Å². The highest BCUT2D eigenvalue weighted by molar-refractivity contribution is 7.81. The zero-order valence-corrected chi connectivity index (χ0v) is 8.14. The molecule has 4 nitrogen and oxygen atoms in total. The van der Waals surface area contributed by atoms with Crippen molar-refractivity contribution in [2.75, 3.05) is 0 Å². The Morgan fingerprint density at radius 3 is 1.62 bits per heavy atom. The first kappa shape index (κ1) is 15.7. The Morgan fingerprint density at radius 1 is 1.00 bits per heavy atom. The van der Waals surface area contributed by atoms with Crippen LogP contribution >= 0.6 is 11.6 Å². The summed E-state index contributed by atoms with van der Waals surface area (Å²) in [5.74, 6) is 0. The van der Waals surface area contributed by atoms with Crippen LogP contribution in [0, 0.1) is 0 Å². The van der Waals surface area contributed by atoms with E-state index in [0.29, 0.717) is 0 Å². The van der Waals surface area contributed by atoms with Gasteiger partial charge in [-0.15, -0.1) is 0 Å². The first-order valence-electron chi connectivity index (χ1n) is 2.85. The molecule has 0 saturated heterocycles. The second-order valence-electron chi connectivity index (χ2n) is 2.14. The van der Waals surface area contributed by atoms with Gasteiger partial charge in [-0.3, -0.25) is 0 Å². The van der Waals surface area contributed by atoms with E-state index < -0.39 is 27.8 Å². The quantitative estimate of drug-likeness (QED) is 0.590. The topological polar surface area (TPSA) is 52.6 Å². The first-order valence-corrected chi connectivity index (χ1v) is 4.56. The van der Waals surface area contributed by atoms with Crippen LogP contribution in [0.1, 0.15) is 0 Å². The lowest BCUT2D eigenvalue weighted by Crippen LogP contribution is -2.53. The molecule has 0 fully saturated rings. The Morgan fingerprint density at radius 2 is 1.38 bits per heavy atom. The van der Waals surface area contributed by atoms with E-state index in [1.54, 1.807) is 4.39 Å². The number of halogens is 8. The molecule has 0 spiro atoms. The maximum Gasteiger partial charge on any atom is 0.446 e. The third kappa shape index (κ3) is 3.09. The van der Waals surface area contributed by atoms with Crippen LogP contribution in [0.4, 0.5) is 30.9 Å². The van der Waals surface area contributed by atoms with Crippen molar-refractivity contribution in [3.63, 3.8) is 0 Å². The van der Waals surface area contributed by atoms with Crippen LogP contribution in [-0.2, 0) is 19.0 Å². The predicted octanol–water partition coefficient (Wildman–Crippen LogP) is 2.21. The second-order valence-corrected chi connectivity index (χ2v) is 3.77. The van der Waals surface area contributed by atoms with Gasteiger partial charge in [0, 0.05) is 0 Å². The van der Waals surface area contributed by atoms with Crippen LogP contribution in [0.15, 0.2) is 0 Å². The van der Waals surface area contributed by atoms with Gasteiger partial charge in [-0.05, 0) is 8.91 Å². The highest BCUT2D eigenvalue weighted by Crippen LogP contribution is 2.49. The molecular weight excluding hydrogens is 301 g/mol. The second kappa shape index (κ2) is 4.16. The van der Waals surface area contributed by atoms with Crippen molar-refractivity contribution in [2.45, 2.75) is 17.4 Å². The molecule has 16 heavy (non-hydrogen) atoms. The van der Waals surface area contributed by atoms with Gasteiger partial charge in [0.1, 0.15) is 0 Å². The summed E-state index contributed by atoms with van der Waals surface area (Å²) in [6, 6.07) is 0. The van der Waals surface area contributed by atoms with Crippen molar-refractivity contribution in [1.29, 1.82) is 0 Å². The van der Waals surface area contributed by atoms with E-state index in [2.05, 4.69) is 15.8 Å². The van der Waals surface area contributed by atoms with Crippen molar-refractivity contribution in [3.05, 3.63) is 0 Å². The van der Waals surface area contributed by atoms with Gasteiger partial charge < -0.3 is 0 Å². The molecule has 1 unspecified atom stereocenters. The monoisotopic (exact) mass is 300 g/mol. The molecule has 0 bridgehead atoms. The Labute approximate surface area is 88.1 Å². The van der Waals surface area contributed by atoms with Crippen LogP contribution in [0.3, 0.4) is 0 Å². The Hall–Kier alpha value is -0.330. The SMILES string of the molecule is O=S(=O)(OF)OC(F)(F)C(F)(Cl)C(F)(F)F. The molecule has 0 aromatic rings. The summed E-state index contributed by atoms with van der Waals surface area (Å²) < 4.78 is 107. The van der Waals surface area contributed by atoms with Crippen LogP contribution in [-0.4, -0.2) is 25.8 Å². The molecule has 0 heterocycles. The van der Waals surface area contributed by atoms with E-state index in [0.717, 1.165) is 0 Å². The van der Waals surface area contributed by atoms with Crippen molar-refractivity contribution in [2.24, 2.45) is 0 Å². The number of rotatable bonds is 4. The maximum absolute atomic E-state index is 12.4. The minimum absolute atomic E-state index is 1.76. The summed E-state index contributed by atoms with van der Waals surface area (Å²) in [5, 5.41) is -5.87. The van der Waals surface area contributed by atoms with E-state index in [9.17, 15) is 39.3 Å². The fraction of sp³-hybridized carbons (Fsp3) is 1.00. The summed E-state index contributed by atoms with van der Waals surface area (Å²) >= 11 is 3.76. The lowest BCUT2D eigenvalue weighted by molar-refractivity contribution is -0.326. The lowest BCUT2D eigenvalue weighted by atomic mass is 10.3. The molecule has 0 rings (SSSR count). The Balaban J connectivity index is 5.23. The summed E-state index contributed by atoms with van der Waals surface area (Å²) in [6.45, 7) is 0. The molecule has 0 amide bonds. The molecule has 0 saturated carbocycles. The highest BCUT2D eigenvalue weighted by atomic mass is 35.5. The molecule has 98 valence electrons. The van der Waals surface area contributed by atoms with Gasteiger partial charge in [0.05, 0.1) is 0 Å². The standard InChI is InChI=1S/C3ClF7O4S/c4-1(5,2(6,7)8)3(9,10)14-16(12,13)15-11. The van der Waals surface area contributed by atoms with E-state index in [-0.39, 0.29) is 0 Å². The lowest BCUT2D eigenvalue weighted by Gasteiger charge is -2.27. The van der Waals surface area contributed by atoms with Gasteiger partial charge in [0.2, 0.25) is 0 Å². The minimum atomic E-state index is -6.37. The van der Waals surface area contributed by atoms with Crippen LogP contribution in [0.25, 0.3) is 0 Å². The zero-order valence-electron chi connectivity index (χ0n) is 6.56. The largest absolute Gasteiger partial charge is 0.446 e. The summed E-state index contributed by atoms with van der Waals surface area (Å²) in [5.41, 5.74) is 0. The molecular formula is C3ClF7O4S. The van der Waals surface area contributed by atoms with Gasteiger partial charge in [-0.2, -0.15) is 34.6 Å². The fourth-order valence-corrected chi connectivity index (χ4v) is 0.840. The maximum atomic E-state index is 12.4. The molecule has 0 aliphatic carbocycles. The normalized spacial score (nSPS) is 18.2. The van der Waals surface area contributed by atoms with Gasteiger partial charge in [0.25, 0.3) is 0 Å².